The van der Waals surface area contributed by atoms with Gasteiger partial charge in [0.2, 0.25) is 16.7 Å². The summed E-state index contributed by atoms with van der Waals surface area (Å²) in [6.45, 7) is 3.72. The van der Waals surface area contributed by atoms with Crippen molar-refractivity contribution in [2.24, 2.45) is 0 Å². The fourth-order valence-corrected chi connectivity index (χ4v) is 3.10. The summed E-state index contributed by atoms with van der Waals surface area (Å²) in [5.41, 5.74) is 0. The van der Waals surface area contributed by atoms with Crippen LogP contribution in [-0.2, 0) is 14.6 Å². The third-order valence-electron chi connectivity index (χ3n) is 4.84. The highest BCUT2D eigenvalue weighted by molar-refractivity contribution is 7.80. The zero-order valence-electron chi connectivity index (χ0n) is 18.8. The van der Waals surface area contributed by atoms with Crippen molar-refractivity contribution >= 4 is 10.4 Å². The number of nitrogens with two attached hydrogens (primary N) is 1. The lowest BCUT2D eigenvalue weighted by atomic mass is 10.0. The highest BCUT2D eigenvalue weighted by Gasteiger charge is 1.99. The van der Waals surface area contributed by atoms with E-state index in [0.29, 0.717) is 6.54 Å². The fourth-order valence-electron chi connectivity index (χ4n) is 3.10. The van der Waals surface area contributed by atoms with E-state index in [2.05, 4.69) is 11.1 Å². The summed E-state index contributed by atoms with van der Waals surface area (Å²) in [4.78, 5) is 0. The SMILES string of the molecule is CCCCCCCCCCCCCCCCCC[NH2+]CC(O)O.COS(=O)(=O)[O-]. The van der Waals surface area contributed by atoms with Gasteiger partial charge in [0.05, 0.1) is 13.7 Å². The Labute approximate surface area is 179 Å². The van der Waals surface area contributed by atoms with E-state index < -0.39 is 16.7 Å². The minimum Gasteiger partial charge on any atom is -0.726 e. The first-order valence-corrected chi connectivity index (χ1v) is 12.9. The molecule has 0 aromatic carbocycles. The first-order valence-electron chi connectivity index (χ1n) is 11.5. The lowest BCUT2D eigenvalue weighted by Gasteiger charge is -2.04. The van der Waals surface area contributed by atoms with Gasteiger partial charge in [0, 0.05) is 0 Å². The molecule has 0 aromatic heterocycles. The number of hydrogen-bond acceptors (Lipinski definition) is 6. The average molecular weight is 442 g/mol. The average Bonchev–Trinajstić information content (AvgIpc) is 2.66. The van der Waals surface area contributed by atoms with E-state index in [1.165, 1.54) is 103 Å². The Morgan fingerprint density at radius 2 is 1.07 bits per heavy atom. The van der Waals surface area contributed by atoms with E-state index in [0.717, 1.165) is 13.7 Å². The first-order chi connectivity index (χ1) is 13.8. The van der Waals surface area contributed by atoms with Crippen molar-refractivity contribution in [1.29, 1.82) is 0 Å². The molecular formula is C21H47NO6S. The maximum atomic E-state index is 9.22. The molecule has 8 heteroatoms. The molecular weight excluding hydrogens is 394 g/mol. The molecule has 0 radical (unpaired) electrons. The summed E-state index contributed by atoms with van der Waals surface area (Å²) in [7, 11) is -3.60. The predicted molar refractivity (Wildman–Crippen MR) is 116 cm³/mol. The van der Waals surface area contributed by atoms with Crippen LogP contribution in [0.15, 0.2) is 0 Å². The largest absolute Gasteiger partial charge is 0.726 e. The molecule has 0 aromatic rings. The topological polar surface area (TPSA) is 124 Å². The van der Waals surface area contributed by atoms with Gasteiger partial charge in [0.15, 0.2) is 0 Å². The lowest BCUT2D eigenvalue weighted by Crippen LogP contribution is -2.86. The van der Waals surface area contributed by atoms with Crippen molar-refractivity contribution in [3.05, 3.63) is 0 Å². The van der Waals surface area contributed by atoms with Crippen LogP contribution in [0.4, 0.5) is 0 Å². The van der Waals surface area contributed by atoms with Gasteiger partial charge in [-0.05, 0) is 12.8 Å². The molecule has 0 saturated carbocycles. The van der Waals surface area contributed by atoms with Gasteiger partial charge >= 0.3 is 0 Å². The first kappa shape index (κ1) is 30.9. The maximum Gasteiger partial charge on any atom is 0.217 e. The van der Waals surface area contributed by atoms with Gasteiger partial charge in [-0.25, -0.2) is 8.42 Å². The molecule has 0 rings (SSSR count). The monoisotopic (exact) mass is 441 g/mol. The normalized spacial score (nSPS) is 11.5. The van der Waals surface area contributed by atoms with E-state index in [4.69, 9.17) is 10.2 Å². The van der Waals surface area contributed by atoms with E-state index >= 15 is 0 Å². The molecule has 4 N–H and O–H groups in total. The van der Waals surface area contributed by atoms with Crippen molar-refractivity contribution in [2.75, 3.05) is 20.2 Å². The van der Waals surface area contributed by atoms with Crippen LogP contribution in [-0.4, -0.2) is 49.7 Å². The number of unbranched alkanes of at least 4 members (excludes halogenated alkanes) is 15. The molecule has 0 heterocycles. The van der Waals surface area contributed by atoms with Gasteiger partial charge in [0.25, 0.3) is 0 Å². The Morgan fingerprint density at radius 3 is 1.34 bits per heavy atom. The highest BCUT2D eigenvalue weighted by Crippen LogP contribution is 2.13. The Balaban J connectivity index is 0. The summed E-state index contributed by atoms with van der Waals surface area (Å²) >= 11 is 0. The van der Waals surface area contributed by atoms with Crippen LogP contribution in [0.2, 0.25) is 0 Å². The van der Waals surface area contributed by atoms with E-state index in [9.17, 15) is 13.0 Å². The molecule has 0 aliphatic heterocycles. The molecule has 0 atom stereocenters. The molecule has 0 bridgehead atoms. The molecule has 0 amide bonds. The number of aliphatic hydroxyl groups is 2. The summed E-state index contributed by atoms with van der Waals surface area (Å²) in [6.07, 6.45) is 21.2. The minimum absolute atomic E-state index is 0.415. The number of aliphatic hydroxyl groups excluding tert-OH is 1. The Bertz CT molecular complexity index is 404. The lowest BCUT2D eigenvalue weighted by molar-refractivity contribution is -0.667. The standard InChI is InChI=1S/C20H43NO2.CH4O4S/c1-2-3-4-5-6-7-8-9-10-11-12-13-14-15-16-17-18-21-19-20(22)23;1-5-6(2,3)4/h20-23H,2-19H2,1H3;1H3,(H,2,3,4). The van der Waals surface area contributed by atoms with Crippen molar-refractivity contribution in [1.82, 2.24) is 0 Å². The predicted octanol–water partition coefficient (Wildman–Crippen LogP) is 3.22. The fraction of sp³-hybridized carbons (Fsp3) is 1.00. The second-order valence-electron chi connectivity index (χ2n) is 7.67. The zero-order valence-corrected chi connectivity index (χ0v) is 19.6. The third-order valence-corrected chi connectivity index (χ3v) is 5.25. The van der Waals surface area contributed by atoms with E-state index in [-0.39, 0.29) is 0 Å². The number of rotatable bonds is 20. The van der Waals surface area contributed by atoms with Crippen molar-refractivity contribution < 1.29 is 32.7 Å². The summed E-state index contributed by atoms with van der Waals surface area (Å²) in [5, 5.41) is 19.4. The molecule has 0 spiro atoms. The second-order valence-corrected chi connectivity index (χ2v) is 8.82. The summed E-state index contributed by atoms with van der Waals surface area (Å²) in [5.74, 6) is 0. The Morgan fingerprint density at radius 1 is 0.759 bits per heavy atom. The molecule has 29 heavy (non-hydrogen) atoms. The van der Waals surface area contributed by atoms with Crippen LogP contribution in [0.5, 0.6) is 0 Å². The van der Waals surface area contributed by atoms with Gasteiger partial charge in [-0.3, -0.25) is 4.18 Å². The molecule has 0 unspecified atom stereocenters. The van der Waals surface area contributed by atoms with Gasteiger partial charge in [-0.15, -0.1) is 0 Å². The van der Waals surface area contributed by atoms with Crippen LogP contribution in [0.25, 0.3) is 0 Å². The summed E-state index contributed by atoms with van der Waals surface area (Å²) < 4.78 is 31.0. The van der Waals surface area contributed by atoms with Crippen LogP contribution < -0.4 is 5.32 Å². The summed E-state index contributed by atoms with van der Waals surface area (Å²) in [6, 6.07) is 0. The molecule has 0 aliphatic rings. The van der Waals surface area contributed by atoms with Crippen molar-refractivity contribution in [3.8, 4) is 0 Å². The van der Waals surface area contributed by atoms with Crippen molar-refractivity contribution in [2.45, 2.75) is 116 Å². The zero-order chi connectivity index (χ0) is 22.2. The van der Waals surface area contributed by atoms with E-state index in [1.54, 1.807) is 0 Å². The smallest absolute Gasteiger partial charge is 0.217 e. The minimum atomic E-state index is -4.41. The van der Waals surface area contributed by atoms with Crippen LogP contribution in [0.1, 0.15) is 110 Å². The van der Waals surface area contributed by atoms with Gasteiger partial charge in [0.1, 0.15) is 6.54 Å². The molecule has 0 aliphatic carbocycles. The quantitative estimate of drug-likeness (QED) is 0.115. The van der Waals surface area contributed by atoms with Crippen LogP contribution in [0, 0.1) is 0 Å². The maximum absolute atomic E-state index is 9.22. The van der Waals surface area contributed by atoms with Gasteiger partial charge < -0.3 is 20.1 Å². The molecule has 178 valence electrons. The number of quaternary nitrogens is 1. The Hall–Kier alpha value is -0.250. The van der Waals surface area contributed by atoms with Crippen LogP contribution in [0.3, 0.4) is 0 Å². The third kappa shape index (κ3) is 35.6. The second kappa shape index (κ2) is 24.0. The van der Waals surface area contributed by atoms with Crippen LogP contribution >= 0.6 is 0 Å². The molecule has 0 saturated heterocycles. The van der Waals surface area contributed by atoms with Gasteiger partial charge in [-0.1, -0.05) is 96.8 Å². The Kier molecular flexibility index (Phi) is 25.6. The van der Waals surface area contributed by atoms with Crippen molar-refractivity contribution in [3.63, 3.8) is 0 Å². The molecule has 7 nitrogen and oxygen atoms in total. The molecule has 0 fully saturated rings. The van der Waals surface area contributed by atoms with Gasteiger partial charge in [-0.2, -0.15) is 0 Å². The highest BCUT2D eigenvalue weighted by atomic mass is 32.3. The van der Waals surface area contributed by atoms with E-state index in [1.807, 2.05) is 5.32 Å². The number of hydrogen-bond donors (Lipinski definition) is 3.